The van der Waals surface area contributed by atoms with Gasteiger partial charge >= 0.3 is 0 Å². The molecule has 2 aliphatic heterocycles. The Bertz CT molecular complexity index is 822. The topological polar surface area (TPSA) is 92.4 Å². The number of carbonyl (C=O) groups is 1. The van der Waals surface area contributed by atoms with Gasteiger partial charge in [0.25, 0.3) is 0 Å². The Labute approximate surface area is 164 Å². The van der Waals surface area contributed by atoms with Crippen LogP contribution < -0.4 is 14.8 Å². The van der Waals surface area contributed by atoms with Crippen LogP contribution in [-0.4, -0.2) is 52.4 Å². The predicted octanol–water partition coefficient (Wildman–Crippen LogP) is 1.67. The highest BCUT2D eigenvalue weighted by Crippen LogP contribution is 2.32. The summed E-state index contributed by atoms with van der Waals surface area (Å²) in [6.45, 7) is 5.81. The number of ether oxygens (including phenoxy) is 2. The summed E-state index contributed by atoms with van der Waals surface area (Å²) in [5.41, 5.74) is 0.934. The SMILES string of the molecule is CCc1n[nH]c(CN2CCCC(CNC(=O)Cc3ccc4c(c3)OCO4)C2)n1. The van der Waals surface area contributed by atoms with Crippen LogP contribution in [0.5, 0.6) is 11.5 Å². The molecule has 0 saturated carbocycles. The number of aromatic nitrogens is 3. The summed E-state index contributed by atoms with van der Waals surface area (Å²) < 4.78 is 10.7. The molecule has 2 aliphatic rings. The molecule has 1 unspecified atom stereocenters. The van der Waals surface area contributed by atoms with Crippen molar-refractivity contribution in [2.45, 2.75) is 39.2 Å². The zero-order valence-electron chi connectivity index (χ0n) is 16.2. The van der Waals surface area contributed by atoms with E-state index in [1.54, 1.807) is 0 Å². The summed E-state index contributed by atoms with van der Waals surface area (Å²) >= 11 is 0. The maximum atomic E-state index is 12.3. The Hall–Kier alpha value is -2.61. The minimum absolute atomic E-state index is 0.0406. The largest absolute Gasteiger partial charge is 0.454 e. The Balaban J connectivity index is 1.23. The maximum Gasteiger partial charge on any atom is 0.231 e. The van der Waals surface area contributed by atoms with Crippen LogP contribution in [0.4, 0.5) is 0 Å². The molecule has 3 heterocycles. The smallest absolute Gasteiger partial charge is 0.231 e. The van der Waals surface area contributed by atoms with Crippen molar-refractivity contribution in [3.8, 4) is 11.5 Å². The number of benzene rings is 1. The van der Waals surface area contributed by atoms with E-state index in [9.17, 15) is 4.79 Å². The number of fused-ring (bicyclic) bond motifs is 1. The van der Waals surface area contributed by atoms with Crippen LogP contribution in [0, 0.1) is 5.92 Å². The Kier molecular flexibility index (Phi) is 5.76. The average molecular weight is 385 g/mol. The summed E-state index contributed by atoms with van der Waals surface area (Å²) in [5.74, 6) is 3.74. The highest BCUT2D eigenvalue weighted by molar-refractivity contribution is 5.78. The third kappa shape index (κ3) is 4.62. The van der Waals surface area contributed by atoms with Crippen LogP contribution in [0.1, 0.15) is 37.0 Å². The average Bonchev–Trinajstić information content (AvgIpc) is 3.35. The van der Waals surface area contributed by atoms with Gasteiger partial charge in [0.2, 0.25) is 12.7 Å². The predicted molar refractivity (Wildman–Crippen MR) is 103 cm³/mol. The van der Waals surface area contributed by atoms with E-state index < -0.39 is 0 Å². The molecule has 2 aromatic rings. The van der Waals surface area contributed by atoms with Gasteiger partial charge in [-0.2, -0.15) is 5.10 Å². The summed E-state index contributed by atoms with van der Waals surface area (Å²) in [7, 11) is 0. The van der Waals surface area contributed by atoms with E-state index in [2.05, 4.69) is 32.3 Å². The molecule has 8 heteroatoms. The zero-order chi connectivity index (χ0) is 19.3. The van der Waals surface area contributed by atoms with Crippen molar-refractivity contribution in [3.63, 3.8) is 0 Å². The molecule has 0 radical (unpaired) electrons. The minimum atomic E-state index is 0.0406. The molecule has 1 aromatic carbocycles. The molecule has 0 aliphatic carbocycles. The van der Waals surface area contributed by atoms with Gasteiger partial charge in [0, 0.05) is 19.5 Å². The van der Waals surface area contributed by atoms with Crippen molar-refractivity contribution >= 4 is 5.91 Å². The number of rotatable bonds is 7. The fourth-order valence-electron chi connectivity index (χ4n) is 3.79. The molecular formula is C20H27N5O3. The molecule has 4 rings (SSSR count). The molecule has 150 valence electrons. The Morgan fingerprint density at radius 2 is 2.25 bits per heavy atom. The number of aromatic amines is 1. The standard InChI is InChI=1S/C20H27N5O3/c1-2-18-22-19(24-23-18)12-25-7-3-4-15(11-25)10-21-20(26)9-14-5-6-16-17(8-14)28-13-27-16/h5-6,8,15H,2-4,7,9-13H2,1H3,(H,21,26)(H,22,23,24). The van der Waals surface area contributed by atoms with Crippen molar-refractivity contribution < 1.29 is 14.3 Å². The fourth-order valence-corrected chi connectivity index (χ4v) is 3.79. The summed E-state index contributed by atoms with van der Waals surface area (Å²) in [4.78, 5) is 19.2. The van der Waals surface area contributed by atoms with Crippen molar-refractivity contribution in [1.29, 1.82) is 0 Å². The maximum absolute atomic E-state index is 12.3. The number of likely N-dealkylation sites (tertiary alicyclic amines) is 1. The van der Waals surface area contributed by atoms with E-state index in [4.69, 9.17) is 9.47 Å². The summed E-state index contributed by atoms with van der Waals surface area (Å²) in [6, 6.07) is 5.65. The molecular weight excluding hydrogens is 358 g/mol. The van der Waals surface area contributed by atoms with Gasteiger partial charge in [-0.25, -0.2) is 4.98 Å². The van der Waals surface area contributed by atoms with Gasteiger partial charge in [-0.05, 0) is 43.0 Å². The molecule has 1 amide bonds. The highest BCUT2D eigenvalue weighted by Gasteiger charge is 2.22. The first-order chi connectivity index (χ1) is 13.7. The monoisotopic (exact) mass is 385 g/mol. The van der Waals surface area contributed by atoms with Gasteiger partial charge in [0.1, 0.15) is 11.6 Å². The van der Waals surface area contributed by atoms with E-state index >= 15 is 0 Å². The lowest BCUT2D eigenvalue weighted by atomic mass is 9.98. The lowest BCUT2D eigenvalue weighted by Gasteiger charge is -2.32. The third-order valence-corrected chi connectivity index (χ3v) is 5.26. The van der Waals surface area contributed by atoms with Gasteiger partial charge in [0.05, 0.1) is 13.0 Å². The fraction of sp³-hybridized carbons (Fsp3) is 0.550. The summed E-state index contributed by atoms with van der Waals surface area (Å²) in [5, 5.41) is 10.3. The second-order valence-electron chi connectivity index (χ2n) is 7.46. The van der Waals surface area contributed by atoms with E-state index in [1.165, 1.54) is 0 Å². The minimum Gasteiger partial charge on any atom is -0.454 e. The summed E-state index contributed by atoms with van der Waals surface area (Å²) in [6.07, 6.45) is 3.47. The zero-order valence-corrected chi connectivity index (χ0v) is 16.2. The first kappa shape index (κ1) is 18.7. The molecule has 1 atom stereocenters. The van der Waals surface area contributed by atoms with Gasteiger partial charge in [-0.15, -0.1) is 0 Å². The van der Waals surface area contributed by atoms with Gasteiger partial charge in [-0.1, -0.05) is 13.0 Å². The Morgan fingerprint density at radius 1 is 1.36 bits per heavy atom. The number of amides is 1. The number of nitrogens with one attached hydrogen (secondary N) is 2. The molecule has 2 N–H and O–H groups in total. The van der Waals surface area contributed by atoms with Crippen LogP contribution in [0.15, 0.2) is 18.2 Å². The lowest BCUT2D eigenvalue weighted by molar-refractivity contribution is -0.120. The van der Waals surface area contributed by atoms with Gasteiger partial charge in [0.15, 0.2) is 11.5 Å². The van der Waals surface area contributed by atoms with Crippen LogP contribution in [0.25, 0.3) is 0 Å². The quantitative estimate of drug-likeness (QED) is 0.753. The van der Waals surface area contributed by atoms with E-state index in [0.717, 1.165) is 61.9 Å². The molecule has 1 saturated heterocycles. The van der Waals surface area contributed by atoms with Crippen molar-refractivity contribution in [3.05, 3.63) is 35.4 Å². The van der Waals surface area contributed by atoms with E-state index in [0.29, 0.717) is 24.6 Å². The van der Waals surface area contributed by atoms with Crippen molar-refractivity contribution in [1.82, 2.24) is 25.4 Å². The van der Waals surface area contributed by atoms with Crippen LogP contribution in [-0.2, 0) is 24.2 Å². The molecule has 0 bridgehead atoms. The second kappa shape index (κ2) is 8.60. The van der Waals surface area contributed by atoms with Crippen LogP contribution in [0.3, 0.4) is 0 Å². The number of aryl methyl sites for hydroxylation is 1. The number of piperidine rings is 1. The lowest BCUT2D eigenvalue weighted by Crippen LogP contribution is -2.41. The highest BCUT2D eigenvalue weighted by atomic mass is 16.7. The number of hydrogen-bond donors (Lipinski definition) is 2. The number of nitrogens with zero attached hydrogens (tertiary/aromatic N) is 3. The first-order valence-electron chi connectivity index (χ1n) is 9.97. The van der Waals surface area contributed by atoms with Gasteiger partial charge in [-0.3, -0.25) is 14.8 Å². The normalized spacial score (nSPS) is 19.0. The number of H-pyrrole nitrogens is 1. The molecule has 8 nitrogen and oxygen atoms in total. The first-order valence-corrected chi connectivity index (χ1v) is 9.97. The molecule has 0 spiro atoms. The van der Waals surface area contributed by atoms with E-state index in [-0.39, 0.29) is 12.7 Å². The van der Waals surface area contributed by atoms with Gasteiger partial charge < -0.3 is 14.8 Å². The number of hydrogen-bond acceptors (Lipinski definition) is 6. The molecule has 1 aromatic heterocycles. The number of carbonyl (C=O) groups excluding carboxylic acids is 1. The second-order valence-corrected chi connectivity index (χ2v) is 7.46. The molecule has 28 heavy (non-hydrogen) atoms. The Morgan fingerprint density at radius 3 is 3.11 bits per heavy atom. The van der Waals surface area contributed by atoms with E-state index in [1.807, 2.05) is 18.2 Å². The van der Waals surface area contributed by atoms with Crippen LogP contribution in [0.2, 0.25) is 0 Å². The molecule has 1 fully saturated rings. The van der Waals surface area contributed by atoms with Crippen molar-refractivity contribution in [2.24, 2.45) is 5.92 Å². The van der Waals surface area contributed by atoms with Crippen LogP contribution >= 0.6 is 0 Å². The van der Waals surface area contributed by atoms with Crippen molar-refractivity contribution in [2.75, 3.05) is 26.4 Å². The third-order valence-electron chi connectivity index (χ3n) is 5.26.